The zero-order valence-electron chi connectivity index (χ0n) is 11.8. The van der Waals surface area contributed by atoms with E-state index in [0.29, 0.717) is 17.3 Å². The van der Waals surface area contributed by atoms with Crippen molar-refractivity contribution in [2.75, 3.05) is 12.4 Å². The Morgan fingerprint density at radius 3 is 2.82 bits per heavy atom. The minimum absolute atomic E-state index is 0.192. The first kappa shape index (κ1) is 13.7. The molecule has 7 nitrogen and oxygen atoms in total. The van der Waals surface area contributed by atoms with Crippen molar-refractivity contribution >= 4 is 11.6 Å². The molecule has 0 radical (unpaired) electrons. The monoisotopic (exact) mass is 295 g/mol. The predicted octanol–water partition coefficient (Wildman–Crippen LogP) is 1.92. The Labute approximate surface area is 126 Å². The number of carbonyl (C=O) groups excluding carboxylic acids is 1. The summed E-state index contributed by atoms with van der Waals surface area (Å²) in [6.45, 7) is 0. The summed E-state index contributed by atoms with van der Waals surface area (Å²) < 4.78 is 6.92. The highest BCUT2D eigenvalue weighted by molar-refractivity contribution is 6.04. The van der Waals surface area contributed by atoms with Crippen LogP contribution in [0.25, 0.3) is 5.82 Å². The average molecular weight is 295 g/mol. The lowest BCUT2D eigenvalue weighted by Crippen LogP contribution is -2.16. The Hall–Kier alpha value is -3.22. The van der Waals surface area contributed by atoms with Crippen molar-refractivity contribution in [3.8, 4) is 11.6 Å². The number of nitrogens with zero attached hydrogens (tertiary/aromatic N) is 4. The lowest BCUT2D eigenvalue weighted by atomic mass is 10.3. The Kier molecular flexibility index (Phi) is 3.78. The highest BCUT2D eigenvalue weighted by Gasteiger charge is 2.16. The van der Waals surface area contributed by atoms with E-state index in [0.717, 1.165) is 0 Å². The van der Waals surface area contributed by atoms with Gasteiger partial charge in [0.2, 0.25) is 0 Å². The van der Waals surface area contributed by atoms with E-state index in [-0.39, 0.29) is 11.6 Å². The van der Waals surface area contributed by atoms with Crippen LogP contribution >= 0.6 is 0 Å². The van der Waals surface area contributed by atoms with Crippen molar-refractivity contribution in [2.24, 2.45) is 0 Å². The van der Waals surface area contributed by atoms with Gasteiger partial charge < -0.3 is 10.1 Å². The van der Waals surface area contributed by atoms with Gasteiger partial charge in [-0.05, 0) is 24.3 Å². The number of carbonyl (C=O) groups is 1. The first-order valence-corrected chi connectivity index (χ1v) is 6.52. The summed E-state index contributed by atoms with van der Waals surface area (Å²) >= 11 is 0. The summed E-state index contributed by atoms with van der Waals surface area (Å²) in [7, 11) is 1.49. The second-order valence-corrected chi connectivity index (χ2v) is 4.39. The van der Waals surface area contributed by atoms with Crippen LogP contribution in [-0.2, 0) is 0 Å². The molecule has 3 aromatic heterocycles. The standard InChI is InChI=1S/C15H13N5O2/c1-22-12-4-5-13(20-8-7-17-10-20)19-14(12)15(21)18-11-3-2-6-16-9-11/h2-10H,1H3,(H,18,21). The van der Waals surface area contributed by atoms with Gasteiger partial charge in [0.1, 0.15) is 17.9 Å². The topological polar surface area (TPSA) is 81.9 Å². The Balaban J connectivity index is 1.94. The van der Waals surface area contributed by atoms with Crippen LogP contribution in [0.3, 0.4) is 0 Å². The molecule has 0 bridgehead atoms. The second kappa shape index (κ2) is 6.04. The molecule has 0 fully saturated rings. The fourth-order valence-corrected chi connectivity index (χ4v) is 1.93. The van der Waals surface area contributed by atoms with E-state index in [1.54, 1.807) is 59.9 Å². The van der Waals surface area contributed by atoms with Gasteiger partial charge in [-0.15, -0.1) is 0 Å². The molecule has 0 aliphatic carbocycles. The van der Waals surface area contributed by atoms with Crippen molar-refractivity contribution in [2.45, 2.75) is 0 Å². The molecule has 110 valence electrons. The molecule has 0 saturated heterocycles. The van der Waals surface area contributed by atoms with E-state index in [9.17, 15) is 4.79 Å². The molecule has 0 saturated carbocycles. The first-order valence-electron chi connectivity index (χ1n) is 6.52. The van der Waals surface area contributed by atoms with Gasteiger partial charge in [0.05, 0.1) is 19.0 Å². The summed E-state index contributed by atoms with van der Waals surface area (Å²) in [4.78, 5) is 24.7. The van der Waals surface area contributed by atoms with Gasteiger partial charge in [-0.3, -0.25) is 14.3 Å². The van der Waals surface area contributed by atoms with Crippen molar-refractivity contribution in [1.82, 2.24) is 19.5 Å². The van der Waals surface area contributed by atoms with Crippen LogP contribution in [0.15, 0.2) is 55.4 Å². The van der Waals surface area contributed by atoms with Crippen LogP contribution in [0.5, 0.6) is 5.75 Å². The van der Waals surface area contributed by atoms with E-state index in [2.05, 4.69) is 20.3 Å². The van der Waals surface area contributed by atoms with Crippen molar-refractivity contribution in [3.63, 3.8) is 0 Å². The number of rotatable bonds is 4. The van der Waals surface area contributed by atoms with Crippen LogP contribution in [-0.4, -0.2) is 32.5 Å². The number of aromatic nitrogens is 4. The largest absolute Gasteiger partial charge is 0.494 e. The van der Waals surface area contributed by atoms with Crippen molar-refractivity contribution in [3.05, 3.63) is 61.1 Å². The lowest BCUT2D eigenvalue weighted by Gasteiger charge is -2.10. The van der Waals surface area contributed by atoms with Crippen LogP contribution < -0.4 is 10.1 Å². The molecule has 3 heterocycles. The van der Waals surface area contributed by atoms with E-state index in [4.69, 9.17) is 4.74 Å². The zero-order valence-corrected chi connectivity index (χ0v) is 11.8. The summed E-state index contributed by atoms with van der Waals surface area (Å²) in [6, 6.07) is 6.93. The molecule has 1 amide bonds. The molecule has 0 atom stereocenters. The lowest BCUT2D eigenvalue weighted by molar-refractivity contribution is 0.101. The van der Waals surface area contributed by atoms with Gasteiger partial charge >= 0.3 is 0 Å². The SMILES string of the molecule is COc1ccc(-n2ccnc2)nc1C(=O)Nc1cccnc1. The minimum Gasteiger partial charge on any atom is -0.494 e. The van der Waals surface area contributed by atoms with E-state index in [1.807, 2.05) is 0 Å². The van der Waals surface area contributed by atoms with Gasteiger partial charge in [0, 0.05) is 18.6 Å². The van der Waals surface area contributed by atoms with Crippen LogP contribution in [0.1, 0.15) is 10.5 Å². The van der Waals surface area contributed by atoms with Crippen LogP contribution in [0, 0.1) is 0 Å². The molecule has 0 unspecified atom stereocenters. The number of hydrogen-bond acceptors (Lipinski definition) is 5. The molecule has 3 aromatic rings. The number of anilines is 1. The number of hydrogen-bond donors (Lipinski definition) is 1. The maximum Gasteiger partial charge on any atom is 0.278 e. The van der Waals surface area contributed by atoms with Crippen LogP contribution in [0.4, 0.5) is 5.69 Å². The molecule has 0 aliphatic rings. The minimum atomic E-state index is -0.369. The highest BCUT2D eigenvalue weighted by atomic mass is 16.5. The van der Waals surface area contributed by atoms with Crippen molar-refractivity contribution in [1.29, 1.82) is 0 Å². The van der Waals surface area contributed by atoms with E-state index < -0.39 is 0 Å². The number of amides is 1. The Bertz CT molecular complexity index is 772. The first-order chi connectivity index (χ1) is 10.8. The fraction of sp³-hybridized carbons (Fsp3) is 0.0667. The van der Waals surface area contributed by atoms with Gasteiger partial charge in [0.25, 0.3) is 5.91 Å². The number of nitrogens with one attached hydrogen (secondary N) is 1. The summed E-state index contributed by atoms with van der Waals surface area (Å²) in [5, 5.41) is 2.74. The molecule has 0 aromatic carbocycles. The normalized spacial score (nSPS) is 10.2. The molecular formula is C15H13N5O2. The maximum atomic E-state index is 12.4. The van der Waals surface area contributed by atoms with Gasteiger partial charge in [0.15, 0.2) is 5.69 Å². The zero-order chi connectivity index (χ0) is 15.4. The third-order valence-corrected chi connectivity index (χ3v) is 2.97. The fourth-order valence-electron chi connectivity index (χ4n) is 1.93. The highest BCUT2D eigenvalue weighted by Crippen LogP contribution is 2.19. The maximum absolute atomic E-state index is 12.4. The van der Waals surface area contributed by atoms with E-state index in [1.165, 1.54) is 7.11 Å². The smallest absolute Gasteiger partial charge is 0.278 e. The second-order valence-electron chi connectivity index (χ2n) is 4.39. The Morgan fingerprint density at radius 1 is 1.23 bits per heavy atom. The molecule has 7 heteroatoms. The quantitative estimate of drug-likeness (QED) is 0.795. The molecule has 3 rings (SSSR count). The Morgan fingerprint density at radius 2 is 2.14 bits per heavy atom. The number of ether oxygens (including phenoxy) is 1. The third kappa shape index (κ3) is 2.78. The third-order valence-electron chi connectivity index (χ3n) is 2.97. The summed E-state index contributed by atoms with van der Waals surface area (Å²) in [5.41, 5.74) is 0.780. The van der Waals surface area contributed by atoms with Gasteiger partial charge in [-0.25, -0.2) is 9.97 Å². The van der Waals surface area contributed by atoms with Gasteiger partial charge in [-0.2, -0.15) is 0 Å². The number of pyridine rings is 2. The number of methoxy groups -OCH3 is 1. The van der Waals surface area contributed by atoms with Gasteiger partial charge in [-0.1, -0.05) is 0 Å². The van der Waals surface area contributed by atoms with Crippen molar-refractivity contribution < 1.29 is 9.53 Å². The number of imidazole rings is 1. The molecule has 1 N–H and O–H groups in total. The summed E-state index contributed by atoms with van der Waals surface area (Å²) in [6.07, 6.45) is 8.19. The molecule has 0 aliphatic heterocycles. The molecule has 0 spiro atoms. The van der Waals surface area contributed by atoms with E-state index >= 15 is 0 Å². The summed E-state index contributed by atoms with van der Waals surface area (Å²) in [5.74, 6) is 0.603. The molecular weight excluding hydrogens is 282 g/mol. The predicted molar refractivity (Wildman–Crippen MR) is 80.1 cm³/mol. The molecule has 22 heavy (non-hydrogen) atoms. The average Bonchev–Trinajstić information content (AvgIpc) is 3.09. The van der Waals surface area contributed by atoms with Crippen LogP contribution in [0.2, 0.25) is 0 Å².